The third kappa shape index (κ3) is 2.57. The Labute approximate surface area is 75.3 Å². The Balaban J connectivity index is 2.55. The van der Waals surface area contributed by atoms with Crippen molar-refractivity contribution in [1.82, 2.24) is 5.48 Å². The highest BCUT2D eigenvalue weighted by Crippen LogP contribution is 2.09. The van der Waals surface area contributed by atoms with Crippen LogP contribution in [0.4, 0.5) is 0 Å². The fourth-order valence-electron chi connectivity index (χ4n) is 0.893. The molecule has 13 heavy (non-hydrogen) atoms. The highest BCUT2D eigenvalue weighted by Gasteiger charge is 2.12. The fourth-order valence-corrected chi connectivity index (χ4v) is 0.893. The van der Waals surface area contributed by atoms with E-state index in [4.69, 9.17) is 14.4 Å². The molecule has 0 unspecified atom stereocenters. The van der Waals surface area contributed by atoms with Crippen molar-refractivity contribution in [3.8, 4) is 0 Å². The van der Waals surface area contributed by atoms with Crippen molar-refractivity contribution >= 4 is 5.97 Å². The lowest BCUT2D eigenvalue weighted by Crippen LogP contribution is -2.15. The standard InChI is InChI=1S/C8H11NO4/c1-2-13-9-5-6-3-4-12-7(6)8(10)11/h3-4,9H,2,5H2,1H3,(H,10,11). The zero-order chi connectivity index (χ0) is 9.68. The summed E-state index contributed by atoms with van der Waals surface area (Å²) < 4.78 is 4.76. The average Bonchev–Trinajstić information content (AvgIpc) is 2.53. The minimum Gasteiger partial charge on any atom is -0.475 e. The molecule has 0 bridgehead atoms. The monoisotopic (exact) mass is 185 g/mol. The molecule has 1 heterocycles. The fraction of sp³-hybridized carbons (Fsp3) is 0.375. The van der Waals surface area contributed by atoms with Crippen LogP contribution in [0.1, 0.15) is 23.0 Å². The third-order valence-electron chi connectivity index (χ3n) is 1.45. The summed E-state index contributed by atoms with van der Waals surface area (Å²) in [5.74, 6) is -1.12. The van der Waals surface area contributed by atoms with E-state index in [1.54, 1.807) is 6.07 Å². The largest absolute Gasteiger partial charge is 0.475 e. The molecule has 1 rings (SSSR count). The molecule has 1 aromatic heterocycles. The lowest BCUT2D eigenvalue weighted by atomic mass is 10.2. The number of carboxylic acid groups (broad SMARTS) is 1. The van der Waals surface area contributed by atoms with Crippen molar-refractivity contribution in [3.05, 3.63) is 23.7 Å². The van der Waals surface area contributed by atoms with Crippen LogP contribution < -0.4 is 5.48 Å². The summed E-state index contributed by atoms with van der Waals surface area (Å²) in [7, 11) is 0. The van der Waals surface area contributed by atoms with Gasteiger partial charge < -0.3 is 14.4 Å². The van der Waals surface area contributed by atoms with Gasteiger partial charge in [0.2, 0.25) is 5.76 Å². The number of carbonyl (C=O) groups is 1. The summed E-state index contributed by atoms with van der Waals surface area (Å²) in [4.78, 5) is 15.4. The number of hydrogen-bond acceptors (Lipinski definition) is 4. The normalized spacial score (nSPS) is 10.2. The zero-order valence-electron chi connectivity index (χ0n) is 7.24. The lowest BCUT2D eigenvalue weighted by Gasteiger charge is -2.01. The van der Waals surface area contributed by atoms with Crippen LogP contribution in [0.3, 0.4) is 0 Å². The van der Waals surface area contributed by atoms with Crippen LogP contribution in [-0.4, -0.2) is 17.7 Å². The molecule has 5 heteroatoms. The number of nitrogens with one attached hydrogen (secondary N) is 1. The maximum atomic E-state index is 10.6. The van der Waals surface area contributed by atoms with Gasteiger partial charge in [0.05, 0.1) is 19.4 Å². The lowest BCUT2D eigenvalue weighted by molar-refractivity contribution is 0.0454. The van der Waals surface area contributed by atoms with Gasteiger partial charge in [-0.15, -0.1) is 0 Å². The number of carboxylic acids is 1. The van der Waals surface area contributed by atoms with E-state index < -0.39 is 5.97 Å². The van der Waals surface area contributed by atoms with E-state index in [0.717, 1.165) is 0 Å². The van der Waals surface area contributed by atoms with Crippen LogP contribution in [0.5, 0.6) is 0 Å². The van der Waals surface area contributed by atoms with Crippen LogP contribution in [0.2, 0.25) is 0 Å². The Morgan fingerprint density at radius 1 is 1.77 bits per heavy atom. The van der Waals surface area contributed by atoms with Gasteiger partial charge in [0.15, 0.2) is 0 Å². The van der Waals surface area contributed by atoms with E-state index in [2.05, 4.69) is 5.48 Å². The van der Waals surface area contributed by atoms with Gasteiger partial charge in [-0.2, -0.15) is 5.48 Å². The molecule has 0 amide bonds. The van der Waals surface area contributed by atoms with Crippen LogP contribution in [0.25, 0.3) is 0 Å². The minimum absolute atomic E-state index is 0.0489. The van der Waals surface area contributed by atoms with E-state index in [9.17, 15) is 4.79 Å². The molecule has 5 nitrogen and oxygen atoms in total. The second-order valence-corrected chi connectivity index (χ2v) is 2.33. The van der Waals surface area contributed by atoms with Crippen molar-refractivity contribution in [2.45, 2.75) is 13.5 Å². The van der Waals surface area contributed by atoms with E-state index in [1.165, 1.54) is 6.26 Å². The summed E-state index contributed by atoms with van der Waals surface area (Å²) in [6.45, 7) is 2.69. The Morgan fingerprint density at radius 2 is 2.54 bits per heavy atom. The molecule has 0 atom stereocenters. The first-order valence-corrected chi connectivity index (χ1v) is 3.90. The maximum absolute atomic E-state index is 10.6. The van der Waals surface area contributed by atoms with Gasteiger partial charge in [-0.3, -0.25) is 0 Å². The van der Waals surface area contributed by atoms with Gasteiger partial charge in [0, 0.05) is 5.56 Å². The molecule has 0 aliphatic carbocycles. The first-order chi connectivity index (χ1) is 6.25. The topological polar surface area (TPSA) is 71.7 Å². The van der Waals surface area contributed by atoms with Crippen LogP contribution in [-0.2, 0) is 11.4 Å². The average molecular weight is 185 g/mol. The van der Waals surface area contributed by atoms with E-state index >= 15 is 0 Å². The molecule has 0 saturated carbocycles. The third-order valence-corrected chi connectivity index (χ3v) is 1.45. The van der Waals surface area contributed by atoms with E-state index in [1.807, 2.05) is 6.92 Å². The second-order valence-electron chi connectivity index (χ2n) is 2.33. The first kappa shape index (κ1) is 9.76. The molecule has 1 aromatic rings. The molecular formula is C8H11NO4. The molecule has 2 N–H and O–H groups in total. The van der Waals surface area contributed by atoms with Gasteiger partial charge in [-0.05, 0) is 13.0 Å². The molecule has 0 saturated heterocycles. The highest BCUT2D eigenvalue weighted by molar-refractivity contribution is 5.86. The Hall–Kier alpha value is -1.33. The van der Waals surface area contributed by atoms with Gasteiger partial charge in [0.1, 0.15) is 0 Å². The molecule has 72 valence electrons. The SMILES string of the molecule is CCONCc1ccoc1C(=O)O. The van der Waals surface area contributed by atoms with Crippen molar-refractivity contribution in [2.75, 3.05) is 6.61 Å². The van der Waals surface area contributed by atoms with Crippen LogP contribution >= 0.6 is 0 Å². The molecule has 0 radical (unpaired) electrons. The predicted octanol–water partition coefficient (Wildman–Crippen LogP) is 1.02. The quantitative estimate of drug-likeness (QED) is 0.529. The smallest absolute Gasteiger partial charge is 0.372 e. The maximum Gasteiger partial charge on any atom is 0.372 e. The van der Waals surface area contributed by atoms with Gasteiger partial charge in [-0.25, -0.2) is 4.79 Å². The summed E-state index contributed by atoms with van der Waals surface area (Å²) in [5, 5.41) is 8.65. The van der Waals surface area contributed by atoms with E-state index in [0.29, 0.717) is 18.7 Å². The summed E-state index contributed by atoms with van der Waals surface area (Å²) in [6.07, 6.45) is 1.34. The molecule has 0 aliphatic heterocycles. The molecule has 0 fully saturated rings. The number of furan rings is 1. The highest BCUT2D eigenvalue weighted by atomic mass is 16.6. The number of hydroxylamine groups is 1. The summed E-state index contributed by atoms with van der Waals surface area (Å²) in [5.41, 5.74) is 3.18. The van der Waals surface area contributed by atoms with E-state index in [-0.39, 0.29) is 5.76 Å². The Kier molecular flexibility index (Phi) is 3.48. The Bertz CT molecular complexity index is 281. The summed E-state index contributed by atoms with van der Waals surface area (Å²) in [6, 6.07) is 1.59. The molecular weight excluding hydrogens is 174 g/mol. The van der Waals surface area contributed by atoms with Gasteiger partial charge >= 0.3 is 5.97 Å². The number of rotatable bonds is 5. The van der Waals surface area contributed by atoms with Crippen molar-refractivity contribution in [3.63, 3.8) is 0 Å². The summed E-state index contributed by atoms with van der Waals surface area (Å²) >= 11 is 0. The number of aromatic carboxylic acids is 1. The molecule has 0 spiro atoms. The van der Waals surface area contributed by atoms with Crippen LogP contribution in [0.15, 0.2) is 16.7 Å². The van der Waals surface area contributed by atoms with Gasteiger partial charge in [-0.1, -0.05) is 0 Å². The first-order valence-electron chi connectivity index (χ1n) is 3.90. The van der Waals surface area contributed by atoms with Gasteiger partial charge in [0.25, 0.3) is 0 Å². The van der Waals surface area contributed by atoms with Crippen molar-refractivity contribution in [2.24, 2.45) is 0 Å². The predicted molar refractivity (Wildman–Crippen MR) is 44.1 cm³/mol. The second kappa shape index (κ2) is 4.64. The number of hydrogen-bond donors (Lipinski definition) is 2. The van der Waals surface area contributed by atoms with Crippen molar-refractivity contribution < 1.29 is 19.2 Å². The minimum atomic E-state index is -1.07. The van der Waals surface area contributed by atoms with Crippen LogP contribution in [0, 0.1) is 0 Å². The molecule has 0 aromatic carbocycles. The molecule has 0 aliphatic rings. The Morgan fingerprint density at radius 3 is 3.15 bits per heavy atom. The van der Waals surface area contributed by atoms with Crippen molar-refractivity contribution in [1.29, 1.82) is 0 Å². The zero-order valence-corrected chi connectivity index (χ0v) is 7.24.